The maximum atomic E-state index is 13.6. The summed E-state index contributed by atoms with van der Waals surface area (Å²) >= 11 is 0. The van der Waals surface area contributed by atoms with E-state index in [-0.39, 0.29) is 29.7 Å². The fourth-order valence-corrected chi connectivity index (χ4v) is 8.85. The maximum absolute atomic E-state index is 13.6. The molecule has 4 aliphatic rings. The quantitative estimate of drug-likeness (QED) is 0.218. The van der Waals surface area contributed by atoms with Crippen molar-refractivity contribution in [2.75, 3.05) is 20.1 Å². The monoisotopic (exact) mass is 646 g/mol. The van der Waals surface area contributed by atoms with Crippen molar-refractivity contribution >= 4 is 18.0 Å². The molecule has 0 N–H and O–H groups in total. The van der Waals surface area contributed by atoms with Gasteiger partial charge in [0, 0.05) is 32.2 Å². The van der Waals surface area contributed by atoms with Crippen molar-refractivity contribution in [1.29, 1.82) is 0 Å². The number of esters is 1. The zero-order valence-electron chi connectivity index (χ0n) is 26.3. The van der Waals surface area contributed by atoms with Crippen molar-refractivity contribution in [3.05, 3.63) is 101 Å². The third-order valence-electron chi connectivity index (χ3n) is 10.6. The number of benzene rings is 3. The predicted molar refractivity (Wildman–Crippen MR) is 169 cm³/mol. The van der Waals surface area contributed by atoms with Crippen LogP contribution in [0.25, 0.3) is 6.08 Å². The van der Waals surface area contributed by atoms with Gasteiger partial charge in [-0.2, -0.15) is 0 Å². The summed E-state index contributed by atoms with van der Waals surface area (Å²) in [6.45, 7) is 3.11. The van der Waals surface area contributed by atoms with Crippen molar-refractivity contribution in [2.24, 2.45) is 0 Å². The average molecular weight is 647 g/mol. The second-order valence-corrected chi connectivity index (χ2v) is 13.0. The minimum atomic E-state index is -4.81. The Balaban J connectivity index is 1.20. The summed E-state index contributed by atoms with van der Waals surface area (Å²) in [5, 5.41) is 0. The molecule has 2 fully saturated rings. The number of hydrogen-bond donors (Lipinski definition) is 0. The third-order valence-corrected chi connectivity index (χ3v) is 10.6. The van der Waals surface area contributed by atoms with Crippen LogP contribution in [0, 0.1) is 0 Å². The van der Waals surface area contributed by atoms with Gasteiger partial charge in [-0.15, -0.1) is 13.2 Å². The van der Waals surface area contributed by atoms with Gasteiger partial charge in [-0.05, 0) is 79.6 Å². The van der Waals surface area contributed by atoms with Gasteiger partial charge in [-0.1, -0.05) is 54.6 Å². The van der Waals surface area contributed by atoms with Gasteiger partial charge in [-0.3, -0.25) is 14.5 Å². The van der Waals surface area contributed by atoms with Crippen molar-refractivity contribution in [2.45, 2.75) is 74.6 Å². The lowest BCUT2D eigenvalue weighted by Gasteiger charge is -2.65. The van der Waals surface area contributed by atoms with E-state index in [4.69, 9.17) is 9.47 Å². The minimum Gasteiger partial charge on any atom is -0.487 e. The van der Waals surface area contributed by atoms with Crippen LogP contribution in [-0.4, -0.2) is 72.0 Å². The molecule has 0 aromatic heterocycles. The molecule has 1 amide bonds. The molecular weight excluding hydrogens is 609 g/mol. The van der Waals surface area contributed by atoms with Crippen molar-refractivity contribution in [3.63, 3.8) is 0 Å². The van der Waals surface area contributed by atoms with Gasteiger partial charge in [0.15, 0.2) is 0 Å². The summed E-state index contributed by atoms with van der Waals surface area (Å²) in [4.78, 5) is 30.7. The fraction of sp³-hybridized carbons (Fsp3) is 0.405. The van der Waals surface area contributed by atoms with E-state index in [1.807, 2.05) is 30.3 Å². The Hall–Kier alpha value is -4.31. The zero-order valence-corrected chi connectivity index (χ0v) is 26.3. The largest absolute Gasteiger partial charge is 0.573 e. The van der Waals surface area contributed by atoms with Gasteiger partial charge in [-0.25, -0.2) is 0 Å². The van der Waals surface area contributed by atoms with Crippen LogP contribution in [0.3, 0.4) is 0 Å². The van der Waals surface area contributed by atoms with Gasteiger partial charge in [0.2, 0.25) is 5.91 Å². The Bertz CT molecular complexity index is 1710. The van der Waals surface area contributed by atoms with E-state index >= 15 is 0 Å². The van der Waals surface area contributed by atoms with Gasteiger partial charge < -0.3 is 19.1 Å². The number of rotatable bonds is 8. The normalized spacial score (nSPS) is 27.6. The number of likely N-dealkylation sites (N-methyl/N-ethyl adjacent to an activating group) is 1. The molecular formula is C37H37F3N2O5. The number of alkyl halides is 3. The Morgan fingerprint density at radius 1 is 1.06 bits per heavy atom. The van der Waals surface area contributed by atoms with E-state index in [1.165, 1.54) is 48.4 Å². The van der Waals surface area contributed by atoms with Crippen LogP contribution in [0.1, 0.15) is 48.4 Å². The molecule has 7 nitrogen and oxygen atoms in total. The topological polar surface area (TPSA) is 68.3 Å². The van der Waals surface area contributed by atoms with Crippen LogP contribution in [-0.2, 0) is 32.6 Å². The van der Waals surface area contributed by atoms with Crippen molar-refractivity contribution in [3.8, 4) is 11.5 Å². The first-order valence-electron chi connectivity index (χ1n) is 16.1. The number of carbonyl (C=O) groups is 2. The van der Waals surface area contributed by atoms with Gasteiger partial charge in [0.1, 0.15) is 23.2 Å². The average Bonchev–Trinajstić information content (AvgIpc) is 3.37. The van der Waals surface area contributed by atoms with E-state index in [2.05, 4.69) is 27.8 Å². The van der Waals surface area contributed by atoms with Crippen LogP contribution in [0.2, 0.25) is 0 Å². The SMILES string of the molecule is CC(=O)O[C@@]12CC[C@@H](N(C)C(=O)C=Cc3cccc(OC(F)(F)F)c3)[C@@H]3Oc4cccc5c4[C@@]31CCN(CCc1ccccc1)[C@@H]2C5. The smallest absolute Gasteiger partial charge is 0.487 e. The molecule has 1 saturated carbocycles. The molecule has 3 aromatic rings. The second-order valence-electron chi connectivity index (χ2n) is 13.0. The standard InChI is InChI=1S/C37H37F3N2O5/c1-24(43)46-36-18-16-29(41(2)32(44)15-14-26-10-6-12-28(22-26)47-37(38,39)40)34-35(36)19-21-42(20-17-25-8-4-3-5-9-25)31(36)23-27-11-7-13-30(45-34)33(27)35/h3-15,22,29,31,34H,16-21,23H2,1-2H3/t29-,31-,34+,35+,36-/m1/s1. The number of nitrogens with zero attached hydrogens (tertiary/aromatic N) is 2. The molecule has 2 aliphatic heterocycles. The summed E-state index contributed by atoms with van der Waals surface area (Å²) in [6.07, 6.45) is 1.03. The molecule has 47 heavy (non-hydrogen) atoms. The molecule has 10 heteroatoms. The summed E-state index contributed by atoms with van der Waals surface area (Å²) in [7, 11) is 1.73. The Kier molecular flexibility index (Phi) is 7.82. The number of halogens is 3. The van der Waals surface area contributed by atoms with Gasteiger partial charge in [0.05, 0.1) is 17.5 Å². The highest BCUT2D eigenvalue weighted by molar-refractivity contribution is 5.92. The molecule has 0 radical (unpaired) electrons. The highest BCUT2D eigenvalue weighted by Gasteiger charge is 2.75. The molecule has 2 heterocycles. The lowest BCUT2D eigenvalue weighted by molar-refractivity contribution is -0.274. The lowest BCUT2D eigenvalue weighted by Crippen LogP contribution is -2.79. The lowest BCUT2D eigenvalue weighted by atomic mass is 9.48. The molecule has 5 atom stereocenters. The molecule has 246 valence electrons. The highest BCUT2D eigenvalue weighted by atomic mass is 19.4. The number of carbonyl (C=O) groups excluding carboxylic acids is 2. The third kappa shape index (κ3) is 5.36. The summed E-state index contributed by atoms with van der Waals surface area (Å²) in [6, 6.07) is 21.6. The van der Waals surface area contributed by atoms with E-state index in [1.54, 1.807) is 18.0 Å². The number of likely N-dealkylation sites (tertiary alicyclic amines) is 1. The van der Waals surface area contributed by atoms with E-state index < -0.39 is 23.5 Å². The van der Waals surface area contributed by atoms with Crippen LogP contribution in [0.4, 0.5) is 13.2 Å². The number of piperidine rings is 1. The second kappa shape index (κ2) is 11.7. The molecule has 3 aromatic carbocycles. The van der Waals surface area contributed by atoms with Crippen LogP contribution >= 0.6 is 0 Å². The van der Waals surface area contributed by atoms with Crippen molar-refractivity contribution < 1.29 is 37.0 Å². The van der Waals surface area contributed by atoms with Crippen LogP contribution < -0.4 is 9.47 Å². The molecule has 1 saturated heterocycles. The first-order chi connectivity index (χ1) is 22.5. The van der Waals surface area contributed by atoms with E-state index in [0.29, 0.717) is 24.8 Å². The van der Waals surface area contributed by atoms with Crippen LogP contribution in [0.15, 0.2) is 78.9 Å². The van der Waals surface area contributed by atoms with Gasteiger partial charge >= 0.3 is 12.3 Å². The van der Waals surface area contributed by atoms with Crippen molar-refractivity contribution in [1.82, 2.24) is 9.80 Å². The molecule has 2 bridgehead atoms. The zero-order chi connectivity index (χ0) is 33.0. The van der Waals surface area contributed by atoms with E-state index in [9.17, 15) is 22.8 Å². The highest BCUT2D eigenvalue weighted by Crippen LogP contribution is 2.65. The Morgan fingerprint density at radius 3 is 2.62 bits per heavy atom. The first-order valence-corrected chi connectivity index (χ1v) is 16.1. The number of hydrogen-bond acceptors (Lipinski definition) is 6. The number of amides is 1. The Morgan fingerprint density at radius 2 is 1.85 bits per heavy atom. The Labute approximate surface area is 271 Å². The molecule has 0 unspecified atom stereocenters. The summed E-state index contributed by atoms with van der Waals surface area (Å²) < 4.78 is 55.6. The number of ether oxygens (including phenoxy) is 3. The first kappa shape index (κ1) is 31.3. The summed E-state index contributed by atoms with van der Waals surface area (Å²) in [5.74, 6) is -0.206. The molecule has 7 rings (SSSR count). The van der Waals surface area contributed by atoms with E-state index in [0.717, 1.165) is 37.2 Å². The molecule has 2 aliphatic carbocycles. The minimum absolute atomic E-state index is 0.0520. The van der Waals surface area contributed by atoms with Gasteiger partial charge in [0.25, 0.3) is 0 Å². The maximum Gasteiger partial charge on any atom is 0.573 e. The fourth-order valence-electron chi connectivity index (χ4n) is 8.85. The summed E-state index contributed by atoms with van der Waals surface area (Å²) in [5.41, 5.74) is 2.49. The van der Waals surface area contributed by atoms with Crippen LogP contribution in [0.5, 0.6) is 11.5 Å². The predicted octanol–water partition coefficient (Wildman–Crippen LogP) is 6.09. The molecule has 1 spiro atoms.